The van der Waals surface area contributed by atoms with E-state index in [4.69, 9.17) is 14.2 Å². The Kier molecular flexibility index (Phi) is 13.3. The number of ether oxygens (including phenoxy) is 3. The van der Waals surface area contributed by atoms with Crippen molar-refractivity contribution in [2.45, 2.75) is 212 Å². The molecule has 0 N–H and O–H groups in total. The molecule has 324 valence electrons. The number of piperidine rings is 3. The first-order valence-electron chi connectivity index (χ1n) is 20.6. The summed E-state index contributed by atoms with van der Waals surface area (Å²) < 4.78 is 20.1. The maximum Gasteiger partial charge on any atom is 0.336 e. The van der Waals surface area contributed by atoms with Gasteiger partial charge in [0.15, 0.2) is 0 Å². The Morgan fingerprint density at radius 1 is 0.421 bits per heavy atom. The van der Waals surface area contributed by atoms with Crippen LogP contribution < -0.4 is 17.1 Å². The highest BCUT2D eigenvalue weighted by Gasteiger charge is 2.46. The molecule has 3 fully saturated rings. The Balaban J connectivity index is 1.54. The number of likely N-dealkylation sites (tertiary alicyclic amines) is 3. The summed E-state index contributed by atoms with van der Waals surface area (Å²) in [4.78, 5) is 88.0. The van der Waals surface area contributed by atoms with E-state index in [-0.39, 0.29) is 90.4 Å². The second-order valence-corrected chi connectivity index (χ2v) is 20.7. The summed E-state index contributed by atoms with van der Waals surface area (Å²) in [5.41, 5.74) is -4.23. The summed E-state index contributed by atoms with van der Waals surface area (Å²) in [5.74, 6) is -1.73. The first-order chi connectivity index (χ1) is 25.9. The standard InChI is InChI=1S/C42H72N6O9/c1-37(2)22-28(23-38(3,4)43(37)13)55-31(49)16-19-46-34(52)47(20-17-32(50)56-29-24-39(5,6)44(14)40(7,8)25-29)36(54)48(35(46)53)21-18-33(51)57-30-26-41(9,10)45(15)42(11,12)27-30/h28-30H,16-27H2,1-15H3. The summed E-state index contributed by atoms with van der Waals surface area (Å²) in [6.07, 6.45) is 1.70. The summed E-state index contributed by atoms with van der Waals surface area (Å²) in [7, 11) is 6.15. The molecule has 4 heterocycles. The van der Waals surface area contributed by atoms with Crippen LogP contribution in [0, 0.1) is 0 Å². The van der Waals surface area contributed by atoms with Crippen LogP contribution in [0.5, 0.6) is 0 Å². The van der Waals surface area contributed by atoms with Gasteiger partial charge in [0.1, 0.15) is 18.3 Å². The van der Waals surface area contributed by atoms with Gasteiger partial charge in [0.25, 0.3) is 0 Å². The summed E-state index contributed by atoms with van der Waals surface area (Å²) in [6.45, 7) is 24.1. The van der Waals surface area contributed by atoms with Gasteiger partial charge in [-0.25, -0.2) is 28.1 Å². The molecule has 57 heavy (non-hydrogen) atoms. The number of rotatable bonds is 12. The van der Waals surface area contributed by atoms with Crippen molar-refractivity contribution >= 4 is 17.9 Å². The first-order valence-corrected chi connectivity index (χ1v) is 20.6. The number of nitrogens with zero attached hydrogens (tertiary/aromatic N) is 6. The molecule has 0 unspecified atom stereocenters. The van der Waals surface area contributed by atoms with E-state index in [9.17, 15) is 28.8 Å². The molecule has 3 saturated heterocycles. The fraction of sp³-hybridized carbons (Fsp3) is 0.857. The Morgan fingerprint density at radius 3 is 0.772 bits per heavy atom. The van der Waals surface area contributed by atoms with Crippen molar-refractivity contribution < 1.29 is 28.6 Å². The molecule has 3 aliphatic rings. The molecule has 15 nitrogen and oxygen atoms in total. The lowest BCUT2D eigenvalue weighted by molar-refractivity contribution is -0.160. The third kappa shape index (κ3) is 10.5. The van der Waals surface area contributed by atoms with E-state index in [2.05, 4.69) is 119 Å². The molecule has 3 aliphatic heterocycles. The summed E-state index contributed by atoms with van der Waals surface area (Å²) in [5, 5.41) is 0. The normalized spacial score (nSPS) is 23.8. The van der Waals surface area contributed by atoms with Gasteiger partial charge < -0.3 is 14.2 Å². The largest absolute Gasteiger partial charge is 0.462 e. The second kappa shape index (κ2) is 16.4. The predicted molar refractivity (Wildman–Crippen MR) is 218 cm³/mol. The van der Waals surface area contributed by atoms with E-state index in [0.29, 0.717) is 38.5 Å². The van der Waals surface area contributed by atoms with Crippen LogP contribution in [0.4, 0.5) is 0 Å². The number of aromatic nitrogens is 3. The molecule has 0 aromatic carbocycles. The fourth-order valence-corrected chi connectivity index (χ4v) is 9.69. The van der Waals surface area contributed by atoms with E-state index in [0.717, 1.165) is 13.7 Å². The van der Waals surface area contributed by atoms with Crippen LogP contribution in [-0.2, 0) is 48.2 Å². The SMILES string of the molecule is CN1C(C)(C)CC(OC(=O)CCn2c(=O)n(CCC(=O)OC3CC(C)(C)N(C)C(C)(C)C3)c(=O)n(CCC(=O)OC3CC(C)(C)N(C)C(C)(C)C3)c2=O)CC1(C)C. The van der Waals surface area contributed by atoms with Crippen LogP contribution >= 0.6 is 0 Å². The molecule has 1 aromatic rings. The molecule has 0 atom stereocenters. The average molecular weight is 805 g/mol. The Bertz CT molecular complexity index is 1560. The van der Waals surface area contributed by atoms with Crippen LogP contribution in [0.1, 0.15) is 141 Å². The number of hydrogen-bond donors (Lipinski definition) is 0. The van der Waals surface area contributed by atoms with Gasteiger partial charge in [-0.1, -0.05) is 0 Å². The van der Waals surface area contributed by atoms with Crippen LogP contribution in [0.2, 0.25) is 0 Å². The van der Waals surface area contributed by atoms with Crippen molar-refractivity contribution in [1.29, 1.82) is 0 Å². The highest BCUT2D eigenvalue weighted by atomic mass is 16.6. The number of carbonyl (C=O) groups is 3. The average Bonchev–Trinajstić information content (AvgIpc) is 3.03. The zero-order valence-electron chi connectivity index (χ0n) is 37.6. The lowest BCUT2D eigenvalue weighted by atomic mass is 9.79. The van der Waals surface area contributed by atoms with Crippen molar-refractivity contribution in [2.24, 2.45) is 0 Å². The minimum atomic E-state index is -0.955. The zero-order valence-corrected chi connectivity index (χ0v) is 37.6. The molecule has 0 amide bonds. The molecule has 15 heteroatoms. The quantitative estimate of drug-likeness (QED) is 0.222. The summed E-state index contributed by atoms with van der Waals surface area (Å²) >= 11 is 0. The first kappa shape index (κ1) is 46.4. The molecule has 4 rings (SSSR count). The van der Waals surface area contributed by atoms with Crippen molar-refractivity contribution in [3.63, 3.8) is 0 Å². The molecule has 0 radical (unpaired) electrons. The van der Waals surface area contributed by atoms with Gasteiger partial charge >= 0.3 is 35.0 Å². The monoisotopic (exact) mass is 805 g/mol. The summed E-state index contributed by atoms with van der Waals surface area (Å²) in [6, 6.07) is 0. The highest BCUT2D eigenvalue weighted by molar-refractivity contribution is 5.70. The van der Waals surface area contributed by atoms with Gasteiger partial charge in [-0.15, -0.1) is 0 Å². The second-order valence-electron chi connectivity index (χ2n) is 20.7. The van der Waals surface area contributed by atoms with Gasteiger partial charge in [-0.3, -0.25) is 29.1 Å². The molecule has 0 saturated carbocycles. The van der Waals surface area contributed by atoms with Gasteiger partial charge in [0.05, 0.1) is 19.3 Å². The topological polar surface area (TPSA) is 155 Å². The molecule has 0 spiro atoms. The fourth-order valence-electron chi connectivity index (χ4n) is 9.69. The highest BCUT2D eigenvalue weighted by Crippen LogP contribution is 2.40. The maximum atomic E-state index is 13.8. The van der Waals surface area contributed by atoms with E-state index in [1.54, 1.807) is 0 Å². The van der Waals surface area contributed by atoms with Crippen LogP contribution in [0.25, 0.3) is 0 Å². The lowest BCUT2D eigenvalue weighted by Gasteiger charge is -2.53. The Labute approximate surface area is 339 Å². The van der Waals surface area contributed by atoms with E-state index >= 15 is 0 Å². The smallest absolute Gasteiger partial charge is 0.336 e. The third-order valence-corrected chi connectivity index (χ3v) is 13.7. The van der Waals surface area contributed by atoms with E-state index in [1.807, 2.05) is 0 Å². The van der Waals surface area contributed by atoms with Gasteiger partial charge in [-0.05, 0) is 104 Å². The Morgan fingerprint density at radius 2 is 0.596 bits per heavy atom. The van der Waals surface area contributed by atoms with Crippen molar-refractivity contribution in [3.8, 4) is 0 Å². The molecule has 0 aliphatic carbocycles. The Hall–Kier alpha value is -3.30. The van der Waals surface area contributed by atoms with Gasteiger partial charge in [0.2, 0.25) is 0 Å². The van der Waals surface area contributed by atoms with Crippen molar-refractivity contribution in [2.75, 3.05) is 21.1 Å². The van der Waals surface area contributed by atoms with E-state index < -0.39 is 35.0 Å². The van der Waals surface area contributed by atoms with Crippen molar-refractivity contribution in [1.82, 2.24) is 28.4 Å². The number of hydrogen-bond acceptors (Lipinski definition) is 12. The van der Waals surface area contributed by atoms with Crippen molar-refractivity contribution in [3.05, 3.63) is 31.5 Å². The van der Waals surface area contributed by atoms with Gasteiger partial charge in [0, 0.05) is 91.4 Å². The molecular weight excluding hydrogens is 732 g/mol. The van der Waals surface area contributed by atoms with Gasteiger partial charge in [-0.2, -0.15) is 0 Å². The van der Waals surface area contributed by atoms with Crippen LogP contribution in [0.15, 0.2) is 14.4 Å². The minimum Gasteiger partial charge on any atom is -0.462 e. The van der Waals surface area contributed by atoms with Crippen LogP contribution in [0.3, 0.4) is 0 Å². The predicted octanol–water partition coefficient (Wildman–Crippen LogP) is 3.93. The lowest BCUT2D eigenvalue weighted by Crippen LogP contribution is -2.60. The molecule has 0 bridgehead atoms. The third-order valence-electron chi connectivity index (χ3n) is 13.7. The zero-order chi connectivity index (χ0) is 43.3. The van der Waals surface area contributed by atoms with Crippen LogP contribution in [-0.4, -0.2) is 119 Å². The number of carbonyl (C=O) groups excluding carboxylic acids is 3. The van der Waals surface area contributed by atoms with E-state index in [1.165, 1.54) is 0 Å². The minimum absolute atomic E-state index is 0.228. The molecule has 1 aromatic heterocycles. The maximum absolute atomic E-state index is 13.8. The molecular formula is C42H72N6O9. The number of esters is 3.